The Labute approximate surface area is 175 Å². The van der Waals surface area contributed by atoms with Crippen molar-refractivity contribution in [2.75, 3.05) is 6.61 Å². The van der Waals surface area contributed by atoms with Crippen LogP contribution in [0, 0.1) is 23.6 Å². The summed E-state index contributed by atoms with van der Waals surface area (Å²) in [4.78, 5) is 0. The van der Waals surface area contributed by atoms with Crippen molar-refractivity contribution in [2.24, 2.45) is 17.8 Å². The zero-order valence-corrected chi connectivity index (χ0v) is 17.1. The first kappa shape index (κ1) is 17.9. The fraction of sp³-hybridized carbons (Fsp3) is 0.565. The van der Waals surface area contributed by atoms with Gasteiger partial charge in [-0.05, 0) is 74.8 Å². The molecule has 0 spiro atoms. The first-order valence-electron chi connectivity index (χ1n) is 10.8. The molecule has 0 amide bonds. The molecular weight excluding hydrogens is 389 g/mol. The van der Waals surface area contributed by atoms with Crippen molar-refractivity contribution in [3.8, 4) is 5.75 Å². The Morgan fingerprint density at radius 1 is 1.10 bits per heavy atom. The summed E-state index contributed by atoms with van der Waals surface area (Å²) in [6.45, 7) is 0.337. The lowest BCUT2D eigenvalue weighted by molar-refractivity contribution is -0.0101. The van der Waals surface area contributed by atoms with Crippen LogP contribution in [0.1, 0.15) is 62.5 Å². The quantitative estimate of drug-likeness (QED) is 0.657. The highest BCUT2D eigenvalue weighted by atomic mass is 35.5. The summed E-state index contributed by atoms with van der Waals surface area (Å²) in [5, 5.41) is 9.64. The standard InChI is InChI=1S/C23H25ClFN3O/c24-18-4-1-5-19(25)20(18)29-13-17-3-2-6-28-21(17)26-27-22(28)23-10-14-7-15(11-23)9-16(8-14)12-23/h1-2,4-6,14-17H,3,7-13H2. The van der Waals surface area contributed by atoms with E-state index in [1.165, 1.54) is 44.6 Å². The Balaban J connectivity index is 1.28. The van der Waals surface area contributed by atoms with Crippen molar-refractivity contribution < 1.29 is 9.13 Å². The Morgan fingerprint density at radius 3 is 2.52 bits per heavy atom. The van der Waals surface area contributed by atoms with Crippen LogP contribution in [0.2, 0.25) is 5.02 Å². The number of allylic oxidation sites excluding steroid dienone is 1. The van der Waals surface area contributed by atoms with Gasteiger partial charge in [0, 0.05) is 11.6 Å². The minimum absolute atomic E-state index is 0.0471. The minimum atomic E-state index is -0.431. The van der Waals surface area contributed by atoms with Crippen LogP contribution in [0.25, 0.3) is 6.20 Å². The zero-order valence-electron chi connectivity index (χ0n) is 16.4. The molecule has 5 aliphatic rings. The normalized spacial score (nSPS) is 34.4. The number of ether oxygens (including phenoxy) is 1. The summed E-state index contributed by atoms with van der Waals surface area (Å²) >= 11 is 6.12. The molecular formula is C23H25ClFN3O. The highest BCUT2D eigenvalue weighted by molar-refractivity contribution is 6.32. The molecule has 152 valence electrons. The molecule has 2 heterocycles. The number of fused-ring (bicyclic) bond motifs is 1. The van der Waals surface area contributed by atoms with Gasteiger partial charge in [-0.15, -0.1) is 10.2 Å². The number of rotatable bonds is 4. The van der Waals surface area contributed by atoms with Gasteiger partial charge in [-0.1, -0.05) is 23.7 Å². The van der Waals surface area contributed by atoms with Crippen LogP contribution in [0.4, 0.5) is 4.39 Å². The third kappa shape index (κ3) is 2.84. The van der Waals surface area contributed by atoms with E-state index in [-0.39, 0.29) is 17.1 Å². The van der Waals surface area contributed by atoms with Gasteiger partial charge in [0.15, 0.2) is 11.6 Å². The molecule has 4 aliphatic carbocycles. The number of benzene rings is 1. The fourth-order valence-corrected chi connectivity index (χ4v) is 7.08. The summed E-state index contributed by atoms with van der Waals surface area (Å²) in [6.07, 6.45) is 13.1. The van der Waals surface area contributed by atoms with E-state index in [9.17, 15) is 4.39 Å². The van der Waals surface area contributed by atoms with Gasteiger partial charge in [-0.25, -0.2) is 4.39 Å². The molecule has 4 saturated carbocycles. The second-order valence-electron chi connectivity index (χ2n) is 9.63. The van der Waals surface area contributed by atoms with Crippen molar-refractivity contribution in [1.82, 2.24) is 14.8 Å². The fourth-order valence-electron chi connectivity index (χ4n) is 6.86. The maximum absolute atomic E-state index is 14.1. The Morgan fingerprint density at radius 2 is 1.83 bits per heavy atom. The molecule has 0 radical (unpaired) electrons. The second kappa shape index (κ2) is 6.56. The lowest BCUT2D eigenvalue weighted by Gasteiger charge is -2.56. The summed E-state index contributed by atoms with van der Waals surface area (Å²) in [6, 6.07) is 4.60. The molecule has 1 aromatic carbocycles. The zero-order chi connectivity index (χ0) is 19.6. The number of hydrogen-bond donors (Lipinski definition) is 0. The van der Waals surface area contributed by atoms with Gasteiger partial charge in [-0.3, -0.25) is 4.57 Å². The minimum Gasteiger partial charge on any atom is -0.488 e. The van der Waals surface area contributed by atoms with Crippen molar-refractivity contribution in [1.29, 1.82) is 0 Å². The molecule has 4 nitrogen and oxygen atoms in total. The van der Waals surface area contributed by atoms with E-state index >= 15 is 0 Å². The average Bonchev–Trinajstić information content (AvgIpc) is 3.12. The number of hydrogen-bond acceptors (Lipinski definition) is 3. The van der Waals surface area contributed by atoms with Crippen LogP contribution in [0.5, 0.6) is 5.75 Å². The molecule has 6 heteroatoms. The maximum atomic E-state index is 14.1. The molecule has 0 N–H and O–H groups in total. The van der Waals surface area contributed by atoms with Crippen LogP contribution >= 0.6 is 11.6 Å². The second-order valence-corrected chi connectivity index (χ2v) is 10.0. The Hall–Kier alpha value is -1.88. The molecule has 29 heavy (non-hydrogen) atoms. The lowest BCUT2D eigenvalue weighted by Crippen LogP contribution is -2.49. The van der Waals surface area contributed by atoms with Crippen LogP contribution in [0.15, 0.2) is 24.3 Å². The van der Waals surface area contributed by atoms with Gasteiger partial charge in [0.25, 0.3) is 0 Å². The van der Waals surface area contributed by atoms with Gasteiger partial charge in [0.2, 0.25) is 0 Å². The molecule has 7 rings (SSSR count). The van der Waals surface area contributed by atoms with Crippen LogP contribution < -0.4 is 4.74 Å². The van der Waals surface area contributed by atoms with E-state index in [1.54, 1.807) is 12.1 Å². The first-order valence-corrected chi connectivity index (χ1v) is 11.2. The Kier molecular flexibility index (Phi) is 4.06. The highest BCUT2D eigenvalue weighted by Gasteiger charge is 2.54. The first-order chi connectivity index (χ1) is 14.1. The number of aromatic nitrogens is 3. The van der Waals surface area contributed by atoms with Crippen molar-refractivity contribution in [2.45, 2.75) is 56.3 Å². The maximum Gasteiger partial charge on any atom is 0.173 e. The van der Waals surface area contributed by atoms with E-state index in [4.69, 9.17) is 21.4 Å². The summed E-state index contributed by atoms with van der Waals surface area (Å²) < 4.78 is 22.1. The van der Waals surface area contributed by atoms with Gasteiger partial charge >= 0.3 is 0 Å². The summed E-state index contributed by atoms with van der Waals surface area (Å²) in [7, 11) is 0. The third-order valence-electron chi connectivity index (χ3n) is 7.62. The molecule has 0 saturated heterocycles. The molecule has 4 bridgehead atoms. The number of para-hydroxylation sites is 1. The van der Waals surface area contributed by atoms with E-state index < -0.39 is 5.82 Å². The molecule has 4 fully saturated rings. The van der Waals surface area contributed by atoms with E-state index in [1.807, 2.05) is 0 Å². The van der Waals surface area contributed by atoms with Crippen LogP contribution in [-0.4, -0.2) is 21.4 Å². The Bertz CT molecular complexity index is 929. The van der Waals surface area contributed by atoms with Crippen LogP contribution in [0.3, 0.4) is 0 Å². The summed E-state index contributed by atoms with van der Waals surface area (Å²) in [5.41, 5.74) is 0.196. The molecule has 2 aromatic rings. The van der Waals surface area contributed by atoms with Gasteiger partial charge < -0.3 is 4.74 Å². The van der Waals surface area contributed by atoms with E-state index in [0.717, 1.165) is 35.8 Å². The smallest absolute Gasteiger partial charge is 0.173 e. The van der Waals surface area contributed by atoms with Gasteiger partial charge in [0.05, 0.1) is 17.5 Å². The largest absolute Gasteiger partial charge is 0.488 e. The molecule has 1 aliphatic heterocycles. The van der Waals surface area contributed by atoms with Gasteiger partial charge in [-0.2, -0.15) is 0 Å². The topological polar surface area (TPSA) is 39.9 Å². The average molecular weight is 414 g/mol. The number of halogens is 2. The third-order valence-corrected chi connectivity index (χ3v) is 7.92. The molecule has 1 aromatic heterocycles. The van der Waals surface area contributed by atoms with Crippen molar-refractivity contribution in [3.63, 3.8) is 0 Å². The van der Waals surface area contributed by atoms with Crippen LogP contribution in [-0.2, 0) is 5.41 Å². The highest BCUT2D eigenvalue weighted by Crippen LogP contribution is 2.60. The van der Waals surface area contributed by atoms with Crippen molar-refractivity contribution in [3.05, 3.63) is 46.8 Å². The van der Waals surface area contributed by atoms with Gasteiger partial charge in [0.1, 0.15) is 11.6 Å². The molecule has 1 unspecified atom stereocenters. The number of nitrogens with zero attached hydrogens (tertiary/aromatic N) is 3. The van der Waals surface area contributed by atoms with E-state index in [2.05, 4.69) is 21.9 Å². The monoisotopic (exact) mass is 413 g/mol. The molecule has 1 atom stereocenters. The SMILES string of the molecule is Fc1cccc(Cl)c1OCC1CC=Cn2c1nnc2C12CC3CC(CC(C3)C1)C2. The summed E-state index contributed by atoms with van der Waals surface area (Å²) in [5.74, 6) is 4.42. The van der Waals surface area contributed by atoms with Crippen molar-refractivity contribution >= 4 is 17.8 Å². The predicted octanol–water partition coefficient (Wildman–Crippen LogP) is 5.58. The lowest BCUT2D eigenvalue weighted by atomic mass is 9.49. The van der Waals surface area contributed by atoms with E-state index in [0.29, 0.717) is 11.6 Å². The predicted molar refractivity (Wildman–Crippen MR) is 109 cm³/mol.